The average molecular weight is 292 g/mol. The molecule has 1 aromatic heterocycles. The summed E-state index contributed by atoms with van der Waals surface area (Å²) in [6.07, 6.45) is 6.11. The molecule has 1 aliphatic rings. The zero-order valence-corrected chi connectivity index (χ0v) is 12.0. The molecule has 4 nitrogen and oxygen atoms in total. The van der Waals surface area contributed by atoms with Gasteiger partial charge in [-0.2, -0.15) is 0 Å². The van der Waals surface area contributed by atoms with Gasteiger partial charge in [-0.15, -0.1) is 5.10 Å². The second-order valence-corrected chi connectivity index (χ2v) is 6.06. The van der Waals surface area contributed by atoms with Crippen molar-refractivity contribution in [2.24, 2.45) is 0 Å². The molecule has 6 heteroatoms. The van der Waals surface area contributed by atoms with Gasteiger partial charge in [0.25, 0.3) is 0 Å². The molecule has 0 unspecified atom stereocenters. The standard InChI is InChI=1S/C14H17FN4S/c15-12-6-4-5-11(9-12)10-20-14-16-17-18-19(14)13-7-2-1-3-8-13/h4-6,9,13H,1-3,7-8,10H2. The summed E-state index contributed by atoms with van der Waals surface area (Å²) in [5.41, 5.74) is 0.952. The normalized spacial score (nSPS) is 16.4. The predicted octanol–water partition coefficient (Wildman–Crippen LogP) is 3.61. The Balaban J connectivity index is 1.67. The molecule has 1 saturated carbocycles. The third-order valence-electron chi connectivity index (χ3n) is 3.64. The molecule has 106 valence electrons. The first-order valence-electron chi connectivity index (χ1n) is 6.98. The van der Waals surface area contributed by atoms with E-state index in [1.807, 2.05) is 10.7 Å². The quantitative estimate of drug-likeness (QED) is 0.807. The Labute approximate surface area is 121 Å². The van der Waals surface area contributed by atoms with Crippen LogP contribution >= 0.6 is 11.8 Å². The van der Waals surface area contributed by atoms with Crippen LogP contribution in [-0.2, 0) is 5.75 Å². The van der Waals surface area contributed by atoms with Crippen LogP contribution in [0, 0.1) is 5.82 Å². The smallest absolute Gasteiger partial charge is 0.209 e. The number of tetrazole rings is 1. The summed E-state index contributed by atoms with van der Waals surface area (Å²) < 4.78 is 15.1. The Kier molecular flexibility index (Phi) is 4.30. The third-order valence-corrected chi connectivity index (χ3v) is 4.64. The maximum Gasteiger partial charge on any atom is 0.209 e. The summed E-state index contributed by atoms with van der Waals surface area (Å²) in [4.78, 5) is 0. The van der Waals surface area contributed by atoms with E-state index in [0.29, 0.717) is 11.8 Å². The fourth-order valence-electron chi connectivity index (χ4n) is 2.61. The molecule has 1 fully saturated rings. The molecular formula is C14H17FN4S. The zero-order chi connectivity index (χ0) is 13.8. The van der Waals surface area contributed by atoms with Crippen molar-refractivity contribution in [1.82, 2.24) is 20.2 Å². The first-order valence-corrected chi connectivity index (χ1v) is 7.96. The Morgan fingerprint density at radius 2 is 2.10 bits per heavy atom. The zero-order valence-electron chi connectivity index (χ0n) is 11.2. The van der Waals surface area contributed by atoms with Gasteiger partial charge in [0.2, 0.25) is 5.16 Å². The fraction of sp³-hybridized carbons (Fsp3) is 0.500. The summed E-state index contributed by atoms with van der Waals surface area (Å²) in [6, 6.07) is 7.09. The van der Waals surface area contributed by atoms with E-state index in [9.17, 15) is 4.39 Å². The lowest BCUT2D eigenvalue weighted by Gasteiger charge is -2.21. The van der Waals surface area contributed by atoms with Crippen molar-refractivity contribution in [2.45, 2.75) is 49.1 Å². The highest BCUT2D eigenvalue weighted by molar-refractivity contribution is 7.98. The Hall–Kier alpha value is -1.43. The highest BCUT2D eigenvalue weighted by Crippen LogP contribution is 2.31. The van der Waals surface area contributed by atoms with Crippen LogP contribution in [0.15, 0.2) is 29.4 Å². The highest BCUT2D eigenvalue weighted by Gasteiger charge is 2.20. The van der Waals surface area contributed by atoms with Crippen molar-refractivity contribution < 1.29 is 4.39 Å². The van der Waals surface area contributed by atoms with Crippen LogP contribution in [0.5, 0.6) is 0 Å². The van der Waals surface area contributed by atoms with Gasteiger partial charge >= 0.3 is 0 Å². The molecular weight excluding hydrogens is 275 g/mol. The number of hydrogen-bond acceptors (Lipinski definition) is 4. The monoisotopic (exact) mass is 292 g/mol. The molecule has 0 spiro atoms. The third kappa shape index (κ3) is 3.17. The Morgan fingerprint density at radius 1 is 1.25 bits per heavy atom. The minimum atomic E-state index is -0.199. The van der Waals surface area contributed by atoms with E-state index in [4.69, 9.17) is 0 Å². The molecule has 20 heavy (non-hydrogen) atoms. The number of aromatic nitrogens is 4. The van der Waals surface area contributed by atoms with E-state index in [1.165, 1.54) is 25.3 Å². The van der Waals surface area contributed by atoms with Gasteiger partial charge in [-0.3, -0.25) is 0 Å². The summed E-state index contributed by atoms with van der Waals surface area (Å²) >= 11 is 1.57. The van der Waals surface area contributed by atoms with Crippen LogP contribution in [0.2, 0.25) is 0 Å². The van der Waals surface area contributed by atoms with Crippen molar-refractivity contribution in [1.29, 1.82) is 0 Å². The Bertz CT molecular complexity index is 566. The van der Waals surface area contributed by atoms with E-state index >= 15 is 0 Å². The molecule has 0 atom stereocenters. The predicted molar refractivity (Wildman–Crippen MR) is 75.9 cm³/mol. The van der Waals surface area contributed by atoms with Gasteiger partial charge in [0.1, 0.15) is 5.82 Å². The first-order chi connectivity index (χ1) is 9.83. The van der Waals surface area contributed by atoms with Crippen molar-refractivity contribution in [3.8, 4) is 0 Å². The van der Waals surface area contributed by atoms with Gasteiger partial charge in [-0.05, 0) is 41.0 Å². The average Bonchev–Trinajstić information content (AvgIpc) is 2.95. The molecule has 2 aromatic rings. The lowest BCUT2D eigenvalue weighted by Crippen LogP contribution is -2.15. The van der Waals surface area contributed by atoms with E-state index in [0.717, 1.165) is 23.6 Å². The SMILES string of the molecule is Fc1cccc(CSc2nnnn2C2CCCCC2)c1. The van der Waals surface area contributed by atoms with E-state index in [2.05, 4.69) is 15.5 Å². The fourth-order valence-corrected chi connectivity index (χ4v) is 3.50. The largest absolute Gasteiger partial charge is 0.217 e. The van der Waals surface area contributed by atoms with Crippen molar-refractivity contribution in [2.75, 3.05) is 0 Å². The number of nitrogens with zero attached hydrogens (tertiary/aromatic N) is 4. The molecule has 0 aliphatic heterocycles. The first kappa shape index (κ1) is 13.5. The second kappa shape index (κ2) is 6.35. The second-order valence-electron chi connectivity index (χ2n) is 5.12. The molecule has 0 amide bonds. The number of thioether (sulfide) groups is 1. The van der Waals surface area contributed by atoms with Crippen LogP contribution in [0.4, 0.5) is 4.39 Å². The van der Waals surface area contributed by atoms with Crippen molar-refractivity contribution in [3.63, 3.8) is 0 Å². The summed E-state index contributed by atoms with van der Waals surface area (Å²) in [6.45, 7) is 0. The van der Waals surface area contributed by atoms with Crippen LogP contribution in [0.1, 0.15) is 43.7 Å². The maximum absolute atomic E-state index is 13.1. The number of rotatable bonds is 4. The molecule has 0 N–H and O–H groups in total. The van der Waals surface area contributed by atoms with Gasteiger partial charge in [0.15, 0.2) is 0 Å². The molecule has 0 bridgehead atoms. The van der Waals surface area contributed by atoms with E-state index < -0.39 is 0 Å². The molecule has 3 rings (SSSR count). The van der Waals surface area contributed by atoms with E-state index in [-0.39, 0.29) is 5.82 Å². The lowest BCUT2D eigenvalue weighted by molar-refractivity contribution is 0.307. The topological polar surface area (TPSA) is 43.6 Å². The molecule has 0 radical (unpaired) electrons. The molecule has 0 saturated heterocycles. The minimum absolute atomic E-state index is 0.199. The molecule has 1 aliphatic carbocycles. The van der Waals surface area contributed by atoms with Crippen LogP contribution in [-0.4, -0.2) is 20.2 Å². The summed E-state index contributed by atoms with van der Waals surface area (Å²) in [5, 5.41) is 12.9. The maximum atomic E-state index is 13.1. The highest BCUT2D eigenvalue weighted by atomic mass is 32.2. The van der Waals surface area contributed by atoms with Gasteiger partial charge in [-0.1, -0.05) is 43.2 Å². The lowest BCUT2D eigenvalue weighted by atomic mass is 9.96. The number of benzene rings is 1. The number of halogens is 1. The number of hydrogen-bond donors (Lipinski definition) is 0. The minimum Gasteiger partial charge on any atom is -0.217 e. The van der Waals surface area contributed by atoms with Gasteiger partial charge in [0, 0.05) is 5.75 Å². The van der Waals surface area contributed by atoms with Gasteiger partial charge < -0.3 is 0 Å². The van der Waals surface area contributed by atoms with Crippen LogP contribution in [0.25, 0.3) is 0 Å². The molecule has 1 aromatic carbocycles. The summed E-state index contributed by atoms with van der Waals surface area (Å²) in [7, 11) is 0. The summed E-state index contributed by atoms with van der Waals surface area (Å²) in [5.74, 6) is 0.486. The Morgan fingerprint density at radius 3 is 2.90 bits per heavy atom. The van der Waals surface area contributed by atoms with Gasteiger partial charge in [0.05, 0.1) is 6.04 Å². The molecule has 1 heterocycles. The van der Waals surface area contributed by atoms with Crippen LogP contribution < -0.4 is 0 Å². The van der Waals surface area contributed by atoms with Crippen LogP contribution in [0.3, 0.4) is 0 Å². The van der Waals surface area contributed by atoms with Gasteiger partial charge in [-0.25, -0.2) is 9.07 Å². The van der Waals surface area contributed by atoms with E-state index in [1.54, 1.807) is 23.9 Å². The van der Waals surface area contributed by atoms with Crippen molar-refractivity contribution >= 4 is 11.8 Å². The van der Waals surface area contributed by atoms with Crippen molar-refractivity contribution in [3.05, 3.63) is 35.6 Å².